The van der Waals surface area contributed by atoms with Crippen LogP contribution in [0, 0.1) is 12.3 Å². The Labute approximate surface area is 126 Å². The maximum Gasteiger partial charge on any atom is 0.287 e. The van der Waals surface area contributed by atoms with Crippen LogP contribution in [-0.4, -0.2) is 11.4 Å². The number of aryl methyl sites for hydroxylation is 1. The average molecular weight is 287 g/mol. The van der Waals surface area contributed by atoms with Gasteiger partial charge in [-0.25, -0.2) is 0 Å². The Hall–Kier alpha value is -1.77. The summed E-state index contributed by atoms with van der Waals surface area (Å²) in [6, 6.07) is 7.73. The number of carbonyl (C=O) groups excluding carboxylic acids is 1. The summed E-state index contributed by atoms with van der Waals surface area (Å²) in [6.45, 7) is 12.5. The van der Waals surface area contributed by atoms with Gasteiger partial charge in [0.05, 0.1) is 0 Å². The van der Waals surface area contributed by atoms with Crippen LogP contribution >= 0.6 is 0 Å². The van der Waals surface area contributed by atoms with Crippen LogP contribution in [0.4, 0.5) is 0 Å². The zero-order chi connectivity index (χ0) is 15.8. The van der Waals surface area contributed by atoms with E-state index in [1.807, 2.05) is 45.0 Å². The molecule has 114 valence electrons. The van der Waals surface area contributed by atoms with E-state index < -0.39 is 0 Å². The largest absolute Gasteiger partial charge is 0.451 e. The summed E-state index contributed by atoms with van der Waals surface area (Å²) >= 11 is 0. The van der Waals surface area contributed by atoms with E-state index >= 15 is 0 Å². The van der Waals surface area contributed by atoms with Crippen molar-refractivity contribution in [3.05, 3.63) is 35.6 Å². The van der Waals surface area contributed by atoms with Crippen molar-refractivity contribution in [2.24, 2.45) is 5.41 Å². The lowest BCUT2D eigenvalue weighted by Crippen LogP contribution is -2.45. The predicted octanol–water partition coefficient (Wildman–Crippen LogP) is 4.69. The van der Waals surface area contributed by atoms with Gasteiger partial charge in [0.2, 0.25) is 0 Å². The van der Waals surface area contributed by atoms with Crippen LogP contribution in [-0.2, 0) is 0 Å². The first kappa shape index (κ1) is 15.6. The highest BCUT2D eigenvalue weighted by Gasteiger charge is 2.29. The van der Waals surface area contributed by atoms with Gasteiger partial charge in [-0.2, -0.15) is 0 Å². The molecular formula is C18H25NO2. The Kier molecular flexibility index (Phi) is 3.87. The molecule has 0 atom stereocenters. The van der Waals surface area contributed by atoms with Crippen LogP contribution in [0.15, 0.2) is 28.7 Å². The number of nitrogens with one attached hydrogen (secondary N) is 1. The number of rotatable bonds is 3. The fourth-order valence-electron chi connectivity index (χ4n) is 3.13. The summed E-state index contributed by atoms with van der Waals surface area (Å²) in [7, 11) is 0. The molecule has 0 aliphatic carbocycles. The summed E-state index contributed by atoms with van der Waals surface area (Å²) in [5.41, 5.74) is 1.53. The fourth-order valence-corrected chi connectivity index (χ4v) is 3.13. The minimum atomic E-state index is -0.277. The van der Waals surface area contributed by atoms with Crippen molar-refractivity contribution in [3.8, 4) is 0 Å². The smallest absolute Gasteiger partial charge is 0.287 e. The minimum absolute atomic E-state index is 0.141. The number of amides is 1. The number of benzene rings is 1. The third-order valence-corrected chi connectivity index (χ3v) is 3.47. The van der Waals surface area contributed by atoms with Crippen molar-refractivity contribution < 1.29 is 9.21 Å². The molecule has 0 radical (unpaired) electrons. The van der Waals surface area contributed by atoms with Gasteiger partial charge >= 0.3 is 0 Å². The Morgan fingerprint density at radius 2 is 1.76 bits per heavy atom. The molecule has 0 saturated heterocycles. The molecule has 0 aliphatic rings. The van der Waals surface area contributed by atoms with Gasteiger partial charge < -0.3 is 9.73 Å². The zero-order valence-corrected chi connectivity index (χ0v) is 13.8. The van der Waals surface area contributed by atoms with Gasteiger partial charge in [0.1, 0.15) is 5.58 Å². The van der Waals surface area contributed by atoms with E-state index in [4.69, 9.17) is 4.42 Å². The quantitative estimate of drug-likeness (QED) is 0.890. The third kappa shape index (κ3) is 3.66. The summed E-state index contributed by atoms with van der Waals surface area (Å²) in [4.78, 5) is 12.5. The Bertz CT molecular complexity index is 659. The lowest BCUT2D eigenvalue weighted by molar-refractivity contribution is 0.0864. The first-order valence-corrected chi connectivity index (χ1v) is 7.40. The monoisotopic (exact) mass is 287 g/mol. The number of para-hydroxylation sites is 1. The standard InChI is InChI=1S/C18H25NO2/c1-12-13-9-7-8-10-14(13)21-15(12)16(20)19-18(5,6)11-17(2,3)4/h7-10H,11H2,1-6H3,(H,19,20). The van der Waals surface area contributed by atoms with Gasteiger partial charge in [0.15, 0.2) is 5.76 Å². The topological polar surface area (TPSA) is 42.2 Å². The van der Waals surface area contributed by atoms with E-state index in [0.29, 0.717) is 5.76 Å². The summed E-state index contributed by atoms with van der Waals surface area (Å²) in [5.74, 6) is 0.274. The van der Waals surface area contributed by atoms with Crippen molar-refractivity contribution in [1.29, 1.82) is 0 Å². The molecule has 3 nitrogen and oxygen atoms in total. The zero-order valence-electron chi connectivity index (χ0n) is 13.8. The van der Waals surface area contributed by atoms with E-state index in [2.05, 4.69) is 26.1 Å². The number of hydrogen-bond acceptors (Lipinski definition) is 2. The Morgan fingerprint density at radius 1 is 1.14 bits per heavy atom. The summed E-state index contributed by atoms with van der Waals surface area (Å²) < 4.78 is 5.72. The van der Waals surface area contributed by atoms with E-state index in [0.717, 1.165) is 23.0 Å². The Morgan fingerprint density at radius 3 is 2.33 bits per heavy atom. The lowest BCUT2D eigenvalue weighted by atomic mass is 9.82. The van der Waals surface area contributed by atoms with Crippen molar-refractivity contribution >= 4 is 16.9 Å². The molecule has 0 aliphatic heterocycles. The minimum Gasteiger partial charge on any atom is -0.451 e. The van der Waals surface area contributed by atoms with E-state index in [1.165, 1.54) is 0 Å². The molecule has 21 heavy (non-hydrogen) atoms. The van der Waals surface area contributed by atoms with Gasteiger partial charge in [-0.15, -0.1) is 0 Å². The molecule has 1 amide bonds. The van der Waals surface area contributed by atoms with Gasteiger partial charge in [-0.3, -0.25) is 4.79 Å². The van der Waals surface area contributed by atoms with Crippen molar-refractivity contribution in [2.45, 2.75) is 53.5 Å². The molecule has 0 saturated carbocycles. The van der Waals surface area contributed by atoms with Crippen LogP contribution in [0.5, 0.6) is 0 Å². The molecule has 3 heteroatoms. The summed E-state index contributed by atoms with van der Waals surface area (Å²) in [5, 5.41) is 4.09. The molecule has 1 heterocycles. The lowest BCUT2D eigenvalue weighted by Gasteiger charge is -2.33. The molecule has 2 aromatic rings. The maximum atomic E-state index is 12.5. The molecule has 0 unspecified atom stereocenters. The van der Waals surface area contributed by atoms with Crippen LogP contribution < -0.4 is 5.32 Å². The van der Waals surface area contributed by atoms with E-state index in [1.54, 1.807) is 0 Å². The average Bonchev–Trinajstić information content (AvgIpc) is 2.64. The molecule has 2 rings (SSSR count). The van der Waals surface area contributed by atoms with Crippen molar-refractivity contribution in [3.63, 3.8) is 0 Å². The predicted molar refractivity (Wildman–Crippen MR) is 86.6 cm³/mol. The van der Waals surface area contributed by atoms with Crippen molar-refractivity contribution in [2.75, 3.05) is 0 Å². The molecular weight excluding hydrogens is 262 g/mol. The van der Waals surface area contributed by atoms with E-state index in [9.17, 15) is 4.79 Å². The third-order valence-electron chi connectivity index (χ3n) is 3.47. The number of carbonyl (C=O) groups is 1. The molecule has 0 bridgehead atoms. The van der Waals surface area contributed by atoms with Gasteiger partial charge in [-0.1, -0.05) is 39.0 Å². The maximum absolute atomic E-state index is 12.5. The molecule has 1 N–H and O–H groups in total. The van der Waals surface area contributed by atoms with E-state index in [-0.39, 0.29) is 16.9 Å². The fraction of sp³-hybridized carbons (Fsp3) is 0.500. The molecule has 0 spiro atoms. The second-order valence-corrected chi connectivity index (χ2v) is 7.63. The summed E-state index contributed by atoms with van der Waals surface area (Å²) in [6.07, 6.45) is 0.894. The molecule has 1 aromatic heterocycles. The highest BCUT2D eigenvalue weighted by molar-refractivity contribution is 5.99. The van der Waals surface area contributed by atoms with Crippen LogP contribution in [0.2, 0.25) is 0 Å². The number of furan rings is 1. The van der Waals surface area contributed by atoms with Gasteiger partial charge in [0.25, 0.3) is 5.91 Å². The normalized spacial score (nSPS) is 12.7. The van der Waals surface area contributed by atoms with Crippen molar-refractivity contribution in [1.82, 2.24) is 5.32 Å². The molecule has 1 aromatic carbocycles. The Balaban J connectivity index is 2.25. The second-order valence-electron chi connectivity index (χ2n) is 7.63. The first-order chi connectivity index (χ1) is 9.59. The second kappa shape index (κ2) is 5.21. The van der Waals surface area contributed by atoms with Crippen LogP contribution in [0.25, 0.3) is 11.0 Å². The van der Waals surface area contributed by atoms with Crippen LogP contribution in [0.1, 0.15) is 57.2 Å². The number of fused-ring (bicyclic) bond motifs is 1. The highest BCUT2D eigenvalue weighted by Crippen LogP contribution is 2.29. The van der Waals surface area contributed by atoms with Crippen LogP contribution in [0.3, 0.4) is 0 Å². The SMILES string of the molecule is Cc1c(C(=O)NC(C)(C)CC(C)(C)C)oc2ccccc12. The van der Waals surface area contributed by atoms with Gasteiger partial charge in [0, 0.05) is 16.5 Å². The molecule has 0 fully saturated rings. The first-order valence-electron chi connectivity index (χ1n) is 7.40. The highest BCUT2D eigenvalue weighted by atomic mass is 16.3. The number of hydrogen-bond donors (Lipinski definition) is 1. The van der Waals surface area contributed by atoms with Gasteiger partial charge in [-0.05, 0) is 38.7 Å².